The molecule has 1 atom stereocenters. The number of hydrogen-bond donors (Lipinski definition) is 1. The number of aryl methyl sites for hydroxylation is 1. The van der Waals surface area contributed by atoms with Crippen molar-refractivity contribution in [2.24, 2.45) is 0 Å². The number of hydrogen-bond acceptors (Lipinski definition) is 7. The molecule has 1 N–H and O–H groups in total. The number of likely N-dealkylation sites (tertiary alicyclic amines) is 1. The van der Waals surface area contributed by atoms with Gasteiger partial charge in [-0.2, -0.15) is 0 Å². The van der Waals surface area contributed by atoms with Crippen molar-refractivity contribution in [3.63, 3.8) is 0 Å². The number of amides is 1. The van der Waals surface area contributed by atoms with E-state index in [4.69, 9.17) is 13.9 Å². The smallest absolute Gasteiger partial charge is 0.230 e. The van der Waals surface area contributed by atoms with Crippen molar-refractivity contribution in [3.8, 4) is 23.0 Å². The van der Waals surface area contributed by atoms with Gasteiger partial charge in [0.15, 0.2) is 11.5 Å². The van der Waals surface area contributed by atoms with Crippen LogP contribution in [0.1, 0.15) is 50.5 Å². The lowest BCUT2D eigenvalue weighted by atomic mass is 10.00. The minimum atomic E-state index is 0.0759. The number of ether oxygens (including phenoxy) is 2. The highest BCUT2D eigenvalue weighted by Crippen LogP contribution is 2.33. The highest BCUT2D eigenvalue weighted by atomic mass is 32.2. The fourth-order valence-corrected chi connectivity index (χ4v) is 5.12. The van der Waals surface area contributed by atoms with Crippen LogP contribution in [-0.2, 0) is 10.5 Å². The molecule has 2 aromatic rings. The lowest BCUT2D eigenvalue weighted by Crippen LogP contribution is -2.40. The van der Waals surface area contributed by atoms with Gasteiger partial charge in [0.2, 0.25) is 11.8 Å². The number of carbonyl (C=O) groups is 1. The molecule has 33 heavy (non-hydrogen) atoms. The molecule has 182 valence electrons. The summed E-state index contributed by atoms with van der Waals surface area (Å²) in [5, 5.41) is 3.05. The van der Waals surface area contributed by atoms with Crippen molar-refractivity contribution in [2.45, 2.75) is 57.7 Å². The molecule has 2 heterocycles. The van der Waals surface area contributed by atoms with Gasteiger partial charge in [-0.25, -0.2) is 4.98 Å². The number of oxazole rings is 1. The van der Waals surface area contributed by atoms with E-state index in [9.17, 15) is 4.79 Å². The van der Waals surface area contributed by atoms with Crippen LogP contribution < -0.4 is 14.8 Å². The third-order valence-corrected chi connectivity index (χ3v) is 7.10. The molecule has 0 saturated carbocycles. The Morgan fingerprint density at radius 2 is 2.09 bits per heavy atom. The summed E-state index contributed by atoms with van der Waals surface area (Å²) in [5.41, 5.74) is 1.68. The normalized spacial score (nSPS) is 16.5. The molecule has 1 aromatic carbocycles. The quantitative estimate of drug-likeness (QED) is 0.447. The predicted octanol–water partition coefficient (Wildman–Crippen LogP) is 4.67. The monoisotopic (exact) mass is 475 g/mol. The van der Waals surface area contributed by atoms with E-state index in [1.807, 2.05) is 25.1 Å². The van der Waals surface area contributed by atoms with Crippen LogP contribution in [0.3, 0.4) is 0 Å². The van der Waals surface area contributed by atoms with Gasteiger partial charge in [-0.15, -0.1) is 11.8 Å². The molecule has 1 fully saturated rings. The van der Waals surface area contributed by atoms with Crippen LogP contribution in [0.15, 0.2) is 22.6 Å². The molecule has 1 unspecified atom stereocenters. The number of methoxy groups -OCH3 is 2. The van der Waals surface area contributed by atoms with Crippen molar-refractivity contribution >= 4 is 17.7 Å². The minimum absolute atomic E-state index is 0.0759. The van der Waals surface area contributed by atoms with Crippen LogP contribution in [0.2, 0.25) is 0 Å². The van der Waals surface area contributed by atoms with Crippen LogP contribution in [0.5, 0.6) is 11.5 Å². The summed E-state index contributed by atoms with van der Waals surface area (Å²) in [4.78, 5) is 19.5. The zero-order chi connectivity index (χ0) is 23.6. The number of nitrogens with zero attached hydrogens (tertiary/aromatic N) is 2. The minimum Gasteiger partial charge on any atom is -0.493 e. The number of thioether (sulfide) groups is 1. The van der Waals surface area contributed by atoms with Crippen molar-refractivity contribution in [2.75, 3.05) is 39.6 Å². The molecular weight excluding hydrogens is 438 g/mol. The highest BCUT2D eigenvalue weighted by Gasteiger charge is 2.20. The summed E-state index contributed by atoms with van der Waals surface area (Å²) in [7, 11) is 3.21. The van der Waals surface area contributed by atoms with Crippen LogP contribution >= 0.6 is 11.8 Å². The Kier molecular flexibility index (Phi) is 9.94. The molecule has 1 aliphatic rings. The van der Waals surface area contributed by atoms with Gasteiger partial charge in [0.05, 0.1) is 25.7 Å². The van der Waals surface area contributed by atoms with Crippen molar-refractivity contribution in [1.82, 2.24) is 15.2 Å². The highest BCUT2D eigenvalue weighted by molar-refractivity contribution is 7.99. The van der Waals surface area contributed by atoms with Gasteiger partial charge in [0.1, 0.15) is 5.76 Å². The number of rotatable bonds is 12. The summed E-state index contributed by atoms with van der Waals surface area (Å²) >= 11 is 1.55. The Balaban J connectivity index is 1.41. The molecular formula is C25H37N3O4S. The van der Waals surface area contributed by atoms with Crippen LogP contribution in [-0.4, -0.2) is 61.4 Å². The molecule has 1 aliphatic heterocycles. The standard InChI is InChI=1S/C25H37N3O4S/c1-5-20-9-6-7-13-28(20)14-8-12-26-24(29)17-33-16-21-18(2)32-25(27-21)19-10-11-22(30-3)23(15-19)31-4/h10-11,15,20H,5-9,12-14,16-17H2,1-4H3,(H,26,29). The van der Waals surface area contributed by atoms with Gasteiger partial charge in [-0.1, -0.05) is 13.3 Å². The topological polar surface area (TPSA) is 76.8 Å². The van der Waals surface area contributed by atoms with E-state index in [-0.39, 0.29) is 5.91 Å². The van der Waals surface area contributed by atoms with E-state index in [1.165, 1.54) is 32.2 Å². The maximum Gasteiger partial charge on any atom is 0.230 e. The number of benzene rings is 1. The Morgan fingerprint density at radius 1 is 1.27 bits per heavy atom. The summed E-state index contributed by atoms with van der Waals surface area (Å²) in [6.07, 6.45) is 6.19. The molecule has 8 heteroatoms. The molecule has 1 aromatic heterocycles. The third-order valence-electron chi connectivity index (χ3n) is 6.16. The summed E-state index contributed by atoms with van der Waals surface area (Å²) in [6, 6.07) is 6.30. The van der Waals surface area contributed by atoms with E-state index in [1.54, 1.807) is 26.0 Å². The second kappa shape index (κ2) is 12.9. The lowest BCUT2D eigenvalue weighted by Gasteiger charge is -2.35. The van der Waals surface area contributed by atoms with E-state index < -0.39 is 0 Å². The molecule has 0 bridgehead atoms. The van der Waals surface area contributed by atoms with Crippen molar-refractivity contribution in [3.05, 3.63) is 29.7 Å². The largest absolute Gasteiger partial charge is 0.493 e. The van der Waals surface area contributed by atoms with Crippen molar-refractivity contribution in [1.29, 1.82) is 0 Å². The zero-order valence-electron chi connectivity index (χ0n) is 20.3. The fraction of sp³-hybridized carbons (Fsp3) is 0.600. The van der Waals surface area contributed by atoms with Gasteiger partial charge in [0.25, 0.3) is 0 Å². The van der Waals surface area contributed by atoms with E-state index in [0.29, 0.717) is 28.9 Å². The van der Waals surface area contributed by atoms with Crippen LogP contribution in [0, 0.1) is 6.92 Å². The van der Waals surface area contributed by atoms with E-state index >= 15 is 0 Å². The zero-order valence-corrected chi connectivity index (χ0v) is 21.1. The number of nitrogens with one attached hydrogen (secondary N) is 1. The average molecular weight is 476 g/mol. The SMILES string of the molecule is CCC1CCCCN1CCCNC(=O)CSCc1nc(-c2ccc(OC)c(OC)c2)oc1C. The Bertz CT molecular complexity index is 902. The van der Waals surface area contributed by atoms with E-state index in [2.05, 4.69) is 22.1 Å². The fourth-order valence-electron chi connectivity index (χ4n) is 4.27. The number of carbonyl (C=O) groups excluding carboxylic acids is 1. The van der Waals surface area contributed by atoms with Crippen LogP contribution in [0.4, 0.5) is 0 Å². The van der Waals surface area contributed by atoms with Gasteiger partial charge >= 0.3 is 0 Å². The van der Waals surface area contributed by atoms with Gasteiger partial charge in [0, 0.05) is 30.4 Å². The van der Waals surface area contributed by atoms with Crippen LogP contribution in [0.25, 0.3) is 11.5 Å². The first-order valence-electron chi connectivity index (χ1n) is 11.8. The van der Waals surface area contributed by atoms with E-state index in [0.717, 1.165) is 42.6 Å². The van der Waals surface area contributed by atoms with Gasteiger partial charge in [-0.3, -0.25) is 4.79 Å². The molecule has 7 nitrogen and oxygen atoms in total. The first-order valence-corrected chi connectivity index (χ1v) is 13.0. The number of aromatic nitrogens is 1. The first-order chi connectivity index (χ1) is 16.0. The molecule has 0 aliphatic carbocycles. The Labute approximate surface area is 201 Å². The molecule has 1 saturated heterocycles. The lowest BCUT2D eigenvalue weighted by molar-refractivity contribution is -0.118. The predicted molar refractivity (Wildman–Crippen MR) is 133 cm³/mol. The average Bonchev–Trinajstić information content (AvgIpc) is 3.21. The number of piperidine rings is 1. The molecule has 0 spiro atoms. The molecule has 3 rings (SSSR count). The summed E-state index contributed by atoms with van der Waals surface area (Å²) in [6.45, 7) is 7.18. The Morgan fingerprint density at radius 3 is 2.85 bits per heavy atom. The Hall–Kier alpha value is -2.19. The summed E-state index contributed by atoms with van der Waals surface area (Å²) in [5.74, 6) is 3.71. The molecule has 1 amide bonds. The molecule has 0 radical (unpaired) electrons. The van der Waals surface area contributed by atoms with Gasteiger partial charge < -0.3 is 24.1 Å². The van der Waals surface area contributed by atoms with Crippen molar-refractivity contribution < 1.29 is 18.7 Å². The maximum absolute atomic E-state index is 12.2. The van der Waals surface area contributed by atoms with Gasteiger partial charge in [-0.05, 0) is 57.4 Å². The maximum atomic E-state index is 12.2. The summed E-state index contributed by atoms with van der Waals surface area (Å²) < 4.78 is 16.5. The third kappa shape index (κ3) is 7.14. The second-order valence-electron chi connectivity index (χ2n) is 8.38. The first kappa shape index (κ1) is 25.4. The second-order valence-corrected chi connectivity index (χ2v) is 9.37.